The molecule has 0 fully saturated rings. The van der Waals surface area contributed by atoms with Gasteiger partial charge in [-0.3, -0.25) is 4.99 Å². The van der Waals surface area contributed by atoms with Crippen LogP contribution >= 0.6 is 15.9 Å². The predicted molar refractivity (Wildman–Crippen MR) is 132 cm³/mol. The molecule has 1 aromatic carbocycles. The van der Waals surface area contributed by atoms with Crippen LogP contribution in [0.25, 0.3) is 17.3 Å². The van der Waals surface area contributed by atoms with Gasteiger partial charge in [-0.1, -0.05) is 38.0 Å². The van der Waals surface area contributed by atoms with Crippen molar-refractivity contribution >= 4 is 33.3 Å². The Bertz CT molecular complexity index is 1190. The zero-order chi connectivity index (χ0) is 22.5. The topological polar surface area (TPSA) is 43.1 Å². The first kappa shape index (κ1) is 22.3. The van der Waals surface area contributed by atoms with Gasteiger partial charge in [0, 0.05) is 16.8 Å². The van der Waals surface area contributed by atoms with Crippen LogP contribution in [0.5, 0.6) is 0 Å². The van der Waals surface area contributed by atoms with Crippen molar-refractivity contribution in [2.24, 2.45) is 4.99 Å². The van der Waals surface area contributed by atoms with E-state index in [-0.39, 0.29) is 5.82 Å². The molecule has 0 unspecified atom stereocenters. The normalized spacial score (nSPS) is 13.9. The van der Waals surface area contributed by atoms with Crippen LogP contribution in [-0.4, -0.2) is 20.5 Å². The van der Waals surface area contributed by atoms with Crippen molar-refractivity contribution < 1.29 is 4.39 Å². The van der Waals surface area contributed by atoms with Gasteiger partial charge in [0.1, 0.15) is 10.4 Å². The summed E-state index contributed by atoms with van der Waals surface area (Å²) in [5.74, 6) is -0.254. The molecule has 0 atom stereocenters. The lowest BCUT2D eigenvalue weighted by molar-refractivity contribution is 0.627. The maximum atomic E-state index is 13.5. The molecule has 0 saturated heterocycles. The van der Waals surface area contributed by atoms with E-state index in [0.717, 1.165) is 64.2 Å². The number of benzene rings is 1. The highest BCUT2D eigenvalue weighted by atomic mass is 79.9. The molecule has 6 heteroatoms. The Morgan fingerprint density at radius 3 is 2.69 bits per heavy atom. The first-order valence-corrected chi connectivity index (χ1v) is 11.8. The number of aromatic nitrogens is 3. The number of pyridine rings is 1. The Hall–Kier alpha value is -2.86. The van der Waals surface area contributed by atoms with E-state index in [1.54, 1.807) is 12.1 Å². The minimum Gasteiger partial charge on any atom is -0.283 e. The van der Waals surface area contributed by atoms with Crippen molar-refractivity contribution in [2.45, 2.75) is 46.1 Å². The van der Waals surface area contributed by atoms with Gasteiger partial charge in [-0.05, 0) is 77.7 Å². The van der Waals surface area contributed by atoms with Gasteiger partial charge in [-0.15, -0.1) is 0 Å². The van der Waals surface area contributed by atoms with Crippen LogP contribution in [0.4, 0.5) is 4.39 Å². The third-order valence-electron chi connectivity index (χ3n) is 5.53. The highest BCUT2D eigenvalue weighted by molar-refractivity contribution is 9.10. The molecule has 0 N–H and O–H groups in total. The van der Waals surface area contributed by atoms with E-state index < -0.39 is 0 Å². The molecule has 4 nitrogen and oxygen atoms in total. The summed E-state index contributed by atoms with van der Waals surface area (Å²) >= 11 is 3.44. The van der Waals surface area contributed by atoms with Crippen LogP contribution < -0.4 is 0 Å². The van der Waals surface area contributed by atoms with Gasteiger partial charge in [0.05, 0.1) is 29.8 Å². The van der Waals surface area contributed by atoms with Gasteiger partial charge < -0.3 is 0 Å². The summed E-state index contributed by atoms with van der Waals surface area (Å²) in [4.78, 5) is 9.51. The van der Waals surface area contributed by atoms with Crippen molar-refractivity contribution in [1.29, 1.82) is 0 Å². The summed E-state index contributed by atoms with van der Waals surface area (Å²) in [7, 11) is 0. The largest absolute Gasteiger partial charge is 0.283 e. The lowest BCUT2D eigenvalue weighted by Gasteiger charge is -2.11. The molecule has 4 rings (SSSR count). The monoisotopic (exact) mass is 492 g/mol. The third-order valence-corrected chi connectivity index (χ3v) is 5.98. The molecule has 32 heavy (non-hydrogen) atoms. The highest BCUT2D eigenvalue weighted by Crippen LogP contribution is 2.32. The second kappa shape index (κ2) is 10.2. The lowest BCUT2D eigenvalue weighted by atomic mass is 9.98. The van der Waals surface area contributed by atoms with Crippen LogP contribution in [0.15, 0.2) is 69.9 Å². The molecule has 164 valence electrons. The number of aliphatic imine (C=N–C) groups is 1. The number of halogens is 2. The fourth-order valence-electron chi connectivity index (χ4n) is 3.86. The molecular weight excluding hydrogens is 467 g/mol. The van der Waals surface area contributed by atoms with E-state index in [4.69, 9.17) is 4.99 Å². The summed E-state index contributed by atoms with van der Waals surface area (Å²) in [6, 6.07) is 12.4. The molecule has 3 aromatic rings. The molecule has 2 aromatic heterocycles. The molecule has 0 spiro atoms. The van der Waals surface area contributed by atoms with Gasteiger partial charge in [-0.2, -0.15) is 5.10 Å². The van der Waals surface area contributed by atoms with Crippen molar-refractivity contribution in [1.82, 2.24) is 14.8 Å². The van der Waals surface area contributed by atoms with Crippen LogP contribution in [0.3, 0.4) is 0 Å². The molecular formula is C26H26BrFN4. The van der Waals surface area contributed by atoms with E-state index in [2.05, 4.69) is 52.0 Å². The van der Waals surface area contributed by atoms with Gasteiger partial charge in [0.25, 0.3) is 0 Å². The molecule has 0 radical (unpaired) electrons. The van der Waals surface area contributed by atoms with Crippen LogP contribution in [0.2, 0.25) is 0 Å². The Labute approximate surface area is 196 Å². The molecule has 0 amide bonds. The van der Waals surface area contributed by atoms with Crippen LogP contribution in [0, 0.1) is 5.82 Å². The molecule has 0 aliphatic heterocycles. The average molecular weight is 493 g/mol. The molecule has 1 aliphatic rings. The molecule has 1 aliphatic carbocycles. The van der Waals surface area contributed by atoms with E-state index in [1.807, 2.05) is 29.1 Å². The van der Waals surface area contributed by atoms with E-state index >= 15 is 0 Å². The number of allylic oxidation sites excluding steroid dienone is 3. The summed E-state index contributed by atoms with van der Waals surface area (Å²) in [5, 5.41) is 4.67. The fourth-order valence-corrected chi connectivity index (χ4v) is 4.24. The minimum absolute atomic E-state index is 0.254. The first-order chi connectivity index (χ1) is 15.6. The summed E-state index contributed by atoms with van der Waals surface area (Å²) in [6.07, 6.45) is 10.1. The number of fused-ring (bicyclic) bond motifs is 1. The standard InChI is InChI=1S/C26H26BrFN4/c1-3-6-24(29-16-20-7-5-8-26(27)31-20)22-14-9-18(4-2)15-25-23(22)17-30-32(25)21-12-10-19(28)11-13-21/h5,7-8,10-15,17H,3-4,6,9,16H2,1-2H3. The Morgan fingerprint density at radius 1 is 1.16 bits per heavy atom. The minimum atomic E-state index is -0.254. The highest BCUT2D eigenvalue weighted by Gasteiger charge is 2.20. The van der Waals surface area contributed by atoms with Crippen LogP contribution in [0.1, 0.15) is 56.5 Å². The fraction of sp³-hybridized carbons (Fsp3) is 0.269. The van der Waals surface area contributed by atoms with Gasteiger partial charge in [0.2, 0.25) is 0 Å². The average Bonchev–Trinajstić information content (AvgIpc) is 3.11. The molecule has 2 heterocycles. The SMILES string of the molecule is CCCC(=NCc1cccc(Br)n1)C1=CCC(CC)=Cc2c1cnn2-c1ccc(F)cc1. The quantitative estimate of drug-likeness (QED) is 0.258. The van der Waals surface area contributed by atoms with E-state index in [1.165, 1.54) is 17.7 Å². The Kier molecular flexibility index (Phi) is 7.10. The number of hydrogen-bond donors (Lipinski definition) is 0. The lowest BCUT2D eigenvalue weighted by Crippen LogP contribution is -2.05. The van der Waals surface area contributed by atoms with E-state index in [0.29, 0.717) is 6.54 Å². The van der Waals surface area contributed by atoms with Gasteiger partial charge in [-0.25, -0.2) is 14.1 Å². The molecule has 0 bridgehead atoms. The zero-order valence-electron chi connectivity index (χ0n) is 18.4. The van der Waals surface area contributed by atoms with Crippen molar-refractivity contribution in [3.63, 3.8) is 0 Å². The smallest absolute Gasteiger partial charge is 0.123 e. The summed E-state index contributed by atoms with van der Waals surface area (Å²) < 4.78 is 16.2. The Morgan fingerprint density at radius 2 is 1.97 bits per heavy atom. The maximum absolute atomic E-state index is 13.5. The predicted octanol–water partition coefficient (Wildman–Crippen LogP) is 7.19. The maximum Gasteiger partial charge on any atom is 0.123 e. The van der Waals surface area contributed by atoms with Crippen molar-refractivity contribution in [2.75, 3.05) is 0 Å². The van der Waals surface area contributed by atoms with Gasteiger partial charge in [0.15, 0.2) is 0 Å². The van der Waals surface area contributed by atoms with Crippen molar-refractivity contribution in [3.8, 4) is 5.69 Å². The van der Waals surface area contributed by atoms with E-state index in [9.17, 15) is 4.39 Å². The first-order valence-electron chi connectivity index (χ1n) is 11.0. The van der Waals surface area contributed by atoms with Gasteiger partial charge >= 0.3 is 0 Å². The Balaban J connectivity index is 1.76. The second-order valence-corrected chi connectivity index (χ2v) is 8.59. The molecule has 0 saturated carbocycles. The van der Waals surface area contributed by atoms with Crippen molar-refractivity contribution in [3.05, 3.63) is 87.7 Å². The second-order valence-electron chi connectivity index (χ2n) is 7.77. The summed E-state index contributed by atoms with van der Waals surface area (Å²) in [6.45, 7) is 4.87. The third kappa shape index (κ3) is 4.96. The number of rotatable bonds is 7. The zero-order valence-corrected chi connectivity index (χ0v) is 19.9. The number of nitrogens with zero attached hydrogens (tertiary/aromatic N) is 4. The van der Waals surface area contributed by atoms with Crippen LogP contribution in [-0.2, 0) is 6.54 Å². The number of hydrogen-bond acceptors (Lipinski definition) is 3. The summed E-state index contributed by atoms with van der Waals surface area (Å²) in [5.41, 5.74) is 7.37.